The molecule has 3 rings (SSSR count). The number of halogens is 1. The Morgan fingerprint density at radius 2 is 1.79 bits per heavy atom. The largest absolute Gasteiger partial charge is 0.494 e. The molecule has 150 valence electrons. The van der Waals surface area contributed by atoms with Gasteiger partial charge in [0, 0.05) is 24.2 Å². The van der Waals surface area contributed by atoms with Crippen LogP contribution in [-0.4, -0.2) is 30.2 Å². The number of nitrogens with zero attached hydrogens (tertiary/aromatic N) is 1. The zero-order chi connectivity index (χ0) is 21.0. The summed E-state index contributed by atoms with van der Waals surface area (Å²) in [6, 6.07) is 15.0. The van der Waals surface area contributed by atoms with Gasteiger partial charge in [0.2, 0.25) is 0 Å². The molecule has 0 spiro atoms. The van der Waals surface area contributed by atoms with Gasteiger partial charge >= 0.3 is 0 Å². The highest BCUT2D eigenvalue weighted by Crippen LogP contribution is 2.24. The Kier molecular flexibility index (Phi) is 6.12. The Balaban J connectivity index is 1.76. The van der Waals surface area contributed by atoms with Crippen LogP contribution in [0.2, 0.25) is 0 Å². The van der Waals surface area contributed by atoms with E-state index >= 15 is 0 Å². The standard InChI is InChI=1S/C23H22FNO4/c1-4-25(14-16-5-10-21(28-3)19(24)13-16)23(27)22-12-11-20(29-22)18-8-6-17(7-9-18)15(2)26/h5-13H,4,14H2,1-3H3. The Morgan fingerprint density at radius 1 is 1.07 bits per heavy atom. The third-order valence-corrected chi connectivity index (χ3v) is 4.65. The lowest BCUT2D eigenvalue weighted by Crippen LogP contribution is -2.30. The molecule has 0 fully saturated rings. The summed E-state index contributed by atoms with van der Waals surface area (Å²) in [5, 5.41) is 0. The molecule has 1 amide bonds. The SMILES string of the molecule is CCN(Cc1ccc(OC)c(F)c1)C(=O)c1ccc(-c2ccc(C(C)=O)cc2)o1. The number of Topliss-reactive ketones (excluding diaryl/α,β-unsaturated/α-hetero) is 1. The van der Waals surface area contributed by atoms with E-state index in [0.717, 1.165) is 5.56 Å². The number of methoxy groups -OCH3 is 1. The van der Waals surface area contributed by atoms with Gasteiger partial charge in [0.1, 0.15) is 5.76 Å². The van der Waals surface area contributed by atoms with E-state index in [2.05, 4.69) is 0 Å². The van der Waals surface area contributed by atoms with E-state index in [0.29, 0.717) is 23.4 Å². The second-order valence-corrected chi connectivity index (χ2v) is 6.59. The predicted octanol–water partition coefficient (Wildman–Crippen LogP) is 4.96. The molecule has 0 radical (unpaired) electrons. The van der Waals surface area contributed by atoms with Crippen molar-refractivity contribution in [3.8, 4) is 17.1 Å². The van der Waals surface area contributed by atoms with E-state index < -0.39 is 5.82 Å². The van der Waals surface area contributed by atoms with Gasteiger partial charge in [-0.05, 0) is 43.7 Å². The molecule has 0 bridgehead atoms. The zero-order valence-electron chi connectivity index (χ0n) is 16.6. The van der Waals surface area contributed by atoms with Gasteiger partial charge in [0.15, 0.2) is 23.1 Å². The van der Waals surface area contributed by atoms with Crippen LogP contribution in [0.4, 0.5) is 4.39 Å². The molecule has 3 aromatic rings. The second-order valence-electron chi connectivity index (χ2n) is 6.59. The van der Waals surface area contributed by atoms with E-state index in [9.17, 15) is 14.0 Å². The van der Waals surface area contributed by atoms with Crippen molar-refractivity contribution in [3.05, 3.63) is 77.3 Å². The lowest BCUT2D eigenvalue weighted by Gasteiger charge is -2.20. The normalized spacial score (nSPS) is 10.6. The number of amides is 1. The summed E-state index contributed by atoms with van der Waals surface area (Å²) in [7, 11) is 1.40. The maximum atomic E-state index is 13.9. The molecule has 1 aromatic heterocycles. The van der Waals surface area contributed by atoms with Crippen LogP contribution in [0.3, 0.4) is 0 Å². The minimum Gasteiger partial charge on any atom is -0.494 e. The number of hydrogen-bond acceptors (Lipinski definition) is 4. The molecule has 1 heterocycles. The number of ketones is 1. The number of carbonyl (C=O) groups is 2. The average Bonchev–Trinajstić information content (AvgIpc) is 3.22. The highest BCUT2D eigenvalue weighted by atomic mass is 19.1. The summed E-state index contributed by atoms with van der Waals surface area (Å²) in [5.74, 6) is 0.134. The van der Waals surface area contributed by atoms with Crippen molar-refractivity contribution < 1.29 is 23.1 Å². The lowest BCUT2D eigenvalue weighted by molar-refractivity contribution is 0.0721. The van der Waals surface area contributed by atoms with Gasteiger partial charge < -0.3 is 14.1 Å². The molecule has 0 N–H and O–H groups in total. The molecule has 5 nitrogen and oxygen atoms in total. The first-order valence-corrected chi connectivity index (χ1v) is 9.25. The van der Waals surface area contributed by atoms with E-state index in [1.54, 1.807) is 53.4 Å². The van der Waals surface area contributed by atoms with E-state index in [-0.39, 0.29) is 29.7 Å². The van der Waals surface area contributed by atoms with E-state index in [1.165, 1.54) is 20.1 Å². The van der Waals surface area contributed by atoms with Crippen LogP contribution >= 0.6 is 0 Å². The maximum Gasteiger partial charge on any atom is 0.289 e. The van der Waals surface area contributed by atoms with Crippen molar-refractivity contribution in [1.82, 2.24) is 4.90 Å². The van der Waals surface area contributed by atoms with Crippen LogP contribution in [0.15, 0.2) is 59.0 Å². The average molecular weight is 395 g/mol. The summed E-state index contributed by atoms with van der Waals surface area (Å²) in [5.41, 5.74) is 2.04. The summed E-state index contributed by atoms with van der Waals surface area (Å²) < 4.78 is 24.6. The molecule has 2 aromatic carbocycles. The van der Waals surface area contributed by atoms with Crippen LogP contribution in [0, 0.1) is 5.82 Å². The van der Waals surface area contributed by atoms with Gasteiger partial charge in [0.05, 0.1) is 7.11 Å². The minimum absolute atomic E-state index is 0.0135. The third-order valence-electron chi connectivity index (χ3n) is 4.65. The smallest absolute Gasteiger partial charge is 0.289 e. The summed E-state index contributed by atoms with van der Waals surface area (Å²) in [4.78, 5) is 25.8. The highest BCUT2D eigenvalue weighted by molar-refractivity contribution is 5.94. The first-order valence-electron chi connectivity index (χ1n) is 9.25. The van der Waals surface area contributed by atoms with Crippen molar-refractivity contribution in [2.24, 2.45) is 0 Å². The summed E-state index contributed by atoms with van der Waals surface area (Å²) in [6.45, 7) is 4.05. The predicted molar refractivity (Wildman–Crippen MR) is 108 cm³/mol. The van der Waals surface area contributed by atoms with E-state index in [1.807, 2.05) is 6.92 Å². The van der Waals surface area contributed by atoms with Crippen LogP contribution in [0.25, 0.3) is 11.3 Å². The fourth-order valence-corrected chi connectivity index (χ4v) is 2.99. The number of rotatable bonds is 7. The van der Waals surface area contributed by atoms with Crippen LogP contribution < -0.4 is 4.74 Å². The molecule has 0 aliphatic rings. The maximum absolute atomic E-state index is 13.9. The number of hydrogen-bond donors (Lipinski definition) is 0. The molecule has 0 aliphatic heterocycles. The lowest BCUT2D eigenvalue weighted by atomic mass is 10.1. The van der Waals surface area contributed by atoms with Gasteiger partial charge in [-0.25, -0.2) is 4.39 Å². The van der Waals surface area contributed by atoms with Gasteiger partial charge in [-0.1, -0.05) is 30.3 Å². The molecule has 0 saturated carbocycles. The fraction of sp³-hybridized carbons (Fsp3) is 0.217. The quantitative estimate of drug-likeness (QED) is 0.531. The number of ether oxygens (including phenoxy) is 1. The molecule has 29 heavy (non-hydrogen) atoms. The number of carbonyl (C=O) groups excluding carboxylic acids is 2. The van der Waals surface area contributed by atoms with E-state index in [4.69, 9.17) is 9.15 Å². The molecular formula is C23H22FNO4. The van der Waals surface area contributed by atoms with Crippen molar-refractivity contribution >= 4 is 11.7 Å². The van der Waals surface area contributed by atoms with Gasteiger partial charge in [-0.15, -0.1) is 0 Å². The Labute approximate surface area is 168 Å². The van der Waals surface area contributed by atoms with Crippen molar-refractivity contribution in [3.63, 3.8) is 0 Å². The molecule has 0 unspecified atom stereocenters. The molecular weight excluding hydrogens is 373 g/mol. The summed E-state index contributed by atoms with van der Waals surface area (Å²) >= 11 is 0. The number of furan rings is 1. The zero-order valence-corrected chi connectivity index (χ0v) is 16.6. The highest BCUT2D eigenvalue weighted by Gasteiger charge is 2.19. The first kappa shape index (κ1) is 20.3. The number of benzene rings is 2. The Bertz CT molecular complexity index is 1020. The fourth-order valence-electron chi connectivity index (χ4n) is 2.99. The third kappa shape index (κ3) is 4.54. The van der Waals surface area contributed by atoms with Gasteiger partial charge in [0.25, 0.3) is 5.91 Å². The van der Waals surface area contributed by atoms with Gasteiger partial charge in [-0.3, -0.25) is 9.59 Å². The van der Waals surface area contributed by atoms with Crippen LogP contribution in [0.5, 0.6) is 5.75 Å². The van der Waals surface area contributed by atoms with Gasteiger partial charge in [-0.2, -0.15) is 0 Å². The van der Waals surface area contributed by atoms with Crippen molar-refractivity contribution in [2.45, 2.75) is 20.4 Å². The topological polar surface area (TPSA) is 59.8 Å². The molecule has 6 heteroatoms. The second kappa shape index (κ2) is 8.73. The van der Waals surface area contributed by atoms with Crippen molar-refractivity contribution in [1.29, 1.82) is 0 Å². The molecule has 0 atom stereocenters. The molecule has 0 saturated heterocycles. The Hall–Kier alpha value is -3.41. The van der Waals surface area contributed by atoms with Crippen molar-refractivity contribution in [2.75, 3.05) is 13.7 Å². The minimum atomic E-state index is -0.470. The summed E-state index contributed by atoms with van der Waals surface area (Å²) in [6.07, 6.45) is 0. The molecule has 0 aliphatic carbocycles. The monoisotopic (exact) mass is 395 g/mol. The van der Waals surface area contributed by atoms with Crippen LogP contribution in [0.1, 0.15) is 40.3 Å². The Morgan fingerprint density at radius 3 is 2.38 bits per heavy atom. The first-order chi connectivity index (χ1) is 13.9. The van der Waals surface area contributed by atoms with Crippen LogP contribution in [-0.2, 0) is 6.54 Å².